The predicted molar refractivity (Wildman–Crippen MR) is 177 cm³/mol. The maximum Gasteiger partial charge on any atom is 0.410 e. The Balaban J connectivity index is 1.48. The first kappa shape index (κ1) is 33.2. The standard InChI is InChI=1S/C34H40FN7O5/c1-34(2,3)47-33(45)40-17-7-8-25(20-40)41-27-15-16-36-30(38-21-39(4)5)29(27)42(32(41)44)24-12-9-22(10-13-24)19-37-31(43)26-14-11-23(35)18-28(26)46-6/h9-16,18,21,25H,7-8,17,19-20H2,1-6H3,(H,37,43)/t25-/m1/s1. The molecule has 1 fully saturated rings. The third-order valence-corrected chi connectivity index (χ3v) is 7.64. The van der Waals surface area contributed by atoms with Crippen molar-refractivity contribution in [3.8, 4) is 11.4 Å². The van der Waals surface area contributed by atoms with Gasteiger partial charge in [0.15, 0.2) is 5.82 Å². The van der Waals surface area contributed by atoms with E-state index in [9.17, 15) is 18.8 Å². The summed E-state index contributed by atoms with van der Waals surface area (Å²) >= 11 is 0. The van der Waals surface area contributed by atoms with Crippen LogP contribution in [0.5, 0.6) is 5.75 Å². The van der Waals surface area contributed by atoms with Crippen LogP contribution in [0, 0.1) is 5.82 Å². The van der Waals surface area contributed by atoms with E-state index in [0.29, 0.717) is 48.5 Å². The number of fused-ring (bicyclic) bond motifs is 1. The molecule has 47 heavy (non-hydrogen) atoms. The number of pyridine rings is 1. The van der Waals surface area contributed by atoms with Crippen LogP contribution >= 0.6 is 0 Å². The van der Waals surface area contributed by atoms with Crippen LogP contribution in [0.1, 0.15) is 55.6 Å². The van der Waals surface area contributed by atoms with E-state index in [1.165, 1.54) is 19.2 Å². The zero-order valence-corrected chi connectivity index (χ0v) is 27.5. The van der Waals surface area contributed by atoms with Crippen molar-refractivity contribution in [3.05, 3.63) is 82.2 Å². The summed E-state index contributed by atoms with van der Waals surface area (Å²) in [7, 11) is 5.07. The Morgan fingerprint density at radius 3 is 2.57 bits per heavy atom. The second-order valence-electron chi connectivity index (χ2n) is 12.6. The maximum atomic E-state index is 14.3. The number of piperidine rings is 1. The number of methoxy groups -OCH3 is 1. The van der Waals surface area contributed by atoms with Gasteiger partial charge < -0.3 is 24.6 Å². The molecular weight excluding hydrogens is 605 g/mol. The van der Waals surface area contributed by atoms with Crippen molar-refractivity contribution in [2.45, 2.75) is 51.8 Å². The lowest BCUT2D eigenvalue weighted by Gasteiger charge is -2.34. The van der Waals surface area contributed by atoms with Crippen molar-refractivity contribution in [2.75, 3.05) is 34.3 Å². The highest BCUT2D eigenvalue weighted by Gasteiger charge is 2.31. The number of likely N-dealkylation sites (tertiary alicyclic amines) is 1. The number of ether oxygens (including phenoxy) is 2. The van der Waals surface area contributed by atoms with Crippen molar-refractivity contribution in [1.29, 1.82) is 0 Å². The van der Waals surface area contributed by atoms with Gasteiger partial charge in [-0.25, -0.2) is 24.0 Å². The lowest BCUT2D eigenvalue weighted by molar-refractivity contribution is 0.0172. The molecule has 12 nitrogen and oxygen atoms in total. The van der Waals surface area contributed by atoms with Crippen molar-refractivity contribution < 1.29 is 23.5 Å². The Kier molecular flexibility index (Phi) is 9.64. The van der Waals surface area contributed by atoms with Crippen molar-refractivity contribution in [3.63, 3.8) is 0 Å². The maximum absolute atomic E-state index is 14.3. The molecule has 2 aromatic carbocycles. The SMILES string of the molecule is COc1cc(F)ccc1C(=O)NCc1ccc(-n2c(=O)n([C@@H]3CCCN(C(=O)OC(C)(C)C)C3)c3ccnc(N=CN(C)C)c32)cc1. The van der Waals surface area contributed by atoms with Crippen molar-refractivity contribution in [2.24, 2.45) is 4.99 Å². The van der Waals surface area contributed by atoms with Gasteiger partial charge in [0.1, 0.15) is 22.7 Å². The first-order valence-electron chi connectivity index (χ1n) is 15.4. The van der Waals surface area contributed by atoms with E-state index in [-0.39, 0.29) is 29.6 Å². The molecule has 2 amide bonds. The molecule has 0 radical (unpaired) electrons. The number of hydrogen-bond donors (Lipinski definition) is 1. The number of rotatable bonds is 8. The number of nitrogens with one attached hydrogen (secondary N) is 1. The number of carbonyl (C=O) groups is 2. The minimum Gasteiger partial charge on any atom is -0.496 e. The second-order valence-corrected chi connectivity index (χ2v) is 12.6. The Hall–Kier alpha value is -5.20. The lowest BCUT2D eigenvalue weighted by atomic mass is 10.1. The molecular formula is C34H40FN7O5. The predicted octanol–water partition coefficient (Wildman–Crippen LogP) is 5.06. The van der Waals surface area contributed by atoms with Gasteiger partial charge in [0, 0.05) is 46.0 Å². The van der Waals surface area contributed by atoms with Crippen LogP contribution in [-0.4, -0.2) is 82.2 Å². The minimum absolute atomic E-state index is 0.141. The normalized spacial score (nSPS) is 15.2. The zero-order chi connectivity index (χ0) is 33.9. The summed E-state index contributed by atoms with van der Waals surface area (Å²) < 4.78 is 27.7. The first-order chi connectivity index (χ1) is 22.4. The number of amides is 2. The summed E-state index contributed by atoms with van der Waals surface area (Å²) in [5.41, 5.74) is 1.86. The number of imidazole rings is 1. The lowest BCUT2D eigenvalue weighted by Crippen LogP contribution is -2.45. The van der Waals surface area contributed by atoms with Crippen LogP contribution in [0.2, 0.25) is 0 Å². The van der Waals surface area contributed by atoms with Crippen molar-refractivity contribution in [1.82, 2.24) is 29.2 Å². The fourth-order valence-electron chi connectivity index (χ4n) is 5.56. The highest BCUT2D eigenvalue weighted by Crippen LogP contribution is 2.31. The van der Waals surface area contributed by atoms with E-state index >= 15 is 0 Å². The molecule has 1 aliphatic heterocycles. The number of aliphatic imine (C=N–C) groups is 1. The van der Waals surface area contributed by atoms with Gasteiger partial charge in [-0.1, -0.05) is 12.1 Å². The molecule has 2 aromatic heterocycles. The van der Waals surface area contributed by atoms with E-state index in [0.717, 1.165) is 11.6 Å². The average Bonchev–Trinajstić information content (AvgIpc) is 3.34. The van der Waals surface area contributed by atoms with Crippen molar-refractivity contribution >= 4 is 35.2 Å². The average molecular weight is 646 g/mol. The van der Waals surface area contributed by atoms with Gasteiger partial charge in [-0.3, -0.25) is 13.9 Å². The molecule has 4 aromatic rings. The quantitative estimate of drug-likeness (QED) is 0.210. The van der Waals surface area contributed by atoms with Crippen LogP contribution in [0.15, 0.2) is 64.5 Å². The topological polar surface area (TPSA) is 123 Å². The van der Waals surface area contributed by atoms with Gasteiger partial charge in [-0.15, -0.1) is 0 Å². The largest absolute Gasteiger partial charge is 0.496 e. The summed E-state index contributed by atoms with van der Waals surface area (Å²) in [5.74, 6) is -0.397. The third-order valence-electron chi connectivity index (χ3n) is 7.64. The number of halogens is 1. The van der Waals surface area contributed by atoms with E-state index in [2.05, 4.69) is 15.3 Å². The van der Waals surface area contributed by atoms with Gasteiger partial charge in [-0.05, 0) is 69.5 Å². The molecule has 0 spiro atoms. The summed E-state index contributed by atoms with van der Waals surface area (Å²) in [4.78, 5) is 52.6. The zero-order valence-electron chi connectivity index (χ0n) is 27.5. The van der Waals surface area contributed by atoms with E-state index in [1.807, 2.05) is 47.0 Å². The summed E-state index contributed by atoms with van der Waals surface area (Å²) in [6.07, 6.45) is 4.26. The van der Waals surface area contributed by atoms with E-state index in [4.69, 9.17) is 9.47 Å². The molecule has 0 aliphatic carbocycles. The minimum atomic E-state index is -0.634. The number of hydrogen-bond acceptors (Lipinski definition) is 7. The highest BCUT2D eigenvalue weighted by atomic mass is 19.1. The molecule has 1 saturated heterocycles. The Morgan fingerprint density at radius 1 is 1.15 bits per heavy atom. The summed E-state index contributed by atoms with van der Waals surface area (Å²) in [6, 6.07) is 12.5. The van der Waals surface area contributed by atoms with Gasteiger partial charge in [0.25, 0.3) is 5.91 Å². The Labute approximate surface area is 272 Å². The number of benzene rings is 2. The molecule has 0 bridgehead atoms. The Bertz CT molecular complexity index is 1860. The molecule has 0 unspecified atom stereocenters. The first-order valence-corrected chi connectivity index (χ1v) is 15.4. The smallest absolute Gasteiger partial charge is 0.410 e. The molecule has 0 saturated carbocycles. The van der Waals surface area contributed by atoms with Crippen LogP contribution in [0.3, 0.4) is 0 Å². The molecule has 3 heterocycles. The molecule has 1 atom stereocenters. The second kappa shape index (κ2) is 13.7. The monoisotopic (exact) mass is 645 g/mol. The van der Waals surface area contributed by atoms with Crippen LogP contribution < -0.4 is 15.7 Å². The molecule has 13 heteroatoms. The molecule has 1 N–H and O–H groups in total. The van der Waals surface area contributed by atoms with Gasteiger partial charge >= 0.3 is 11.8 Å². The van der Waals surface area contributed by atoms with Crippen LogP contribution in [0.25, 0.3) is 16.7 Å². The fraction of sp³-hybridized carbons (Fsp3) is 0.382. The van der Waals surface area contributed by atoms with E-state index in [1.54, 1.807) is 49.7 Å². The highest BCUT2D eigenvalue weighted by molar-refractivity contribution is 5.97. The number of aromatic nitrogens is 3. The Morgan fingerprint density at radius 2 is 1.89 bits per heavy atom. The van der Waals surface area contributed by atoms with Crippen LogP contribution in [0.4, 0.5) is 15.0 Å². The molecule has 5 rings (SSSR count). The summed E-state index contributed by atoms with van der Waals surface area (Å²) in [5, 5.41) is 2.83. The molecule has 1 aliphatic rings. The third kappa shape index (κ3) is 7.45. The van der Waals surface area contributed by atoms with E-state index < -0.39 is 23.4 Å². The number of nitrogens with zero attached hydrogens (tertiary/aromatic N) is 6. The van der Waals surface area contributed by atoms with Gasteiger partial charge in [-0.2, -0.15) is 0 Å². The number of carbonyl (C=O) groups excluding carboxylic acids is 2. The fourth-order valence-corrected chi connectivity index (χ4v) is 5.56. The van der Waals surface area contributed by atoms with Gasteiger partial charge in [0.05, 0.1) is 36.3 Å². The van der Waals surface area contributed by atoms with Gasteiger partial charge in [0.2, 0.25) is 0 Å². The molecule has 248 valence electrons. The van der Waals surface area contributed by atoms with Crippen LogP contribution in [-0.2, 0) is 11.3 Å². The summed E-state index contributed by atoms with van der Waals surface area (Å²) in [6.45, 7) is 6.55.